The van der Waals surface area contributed by atoms with Gasteiger partial charge in [0.2, 0.25) is 0 Å². The molecule has 2 aliphatic rings. The molecule has 4 heterocycles. The summed E-state index contributed by atoms with van der Waals surface area (Å²) in [6.45, 7) is 5.21. The molecule has 5 aromatic rings. The van der Waals surface area contributed by atoms with Crippen molar-refractivity contribution >= 4 is 95.6 Å². The zero-order valence-electron chi connectivity index (χ0n) is 22.5. The number of hydrogen-bond donors (Lipinski definition) is 1. The quantitative estimate of drug-likeness (QED) is 0.162. The maximum Gasteiger partial charge on any atom is 0.268 e. The molecular weight excluding hydrogens is 593 g/mol. The Morgan fingerprint density at radius 3 is 2.07 bits per heavy atom. The molecule has 0 radical (unpaired) electrons. The molecule has 0 saturated carbocycles. The fraction of sp³-hybridized carbons (Fsp3) is 0.250. The normalized spacial score (nSPS) is 18.0. The molecule has 0 spiro atoms. The molecule has 0 fully saturated rings. The van der Waals surface area contributed by atoms with Crippen LogP contribution in [0.1, 0.15) is 53.4 Å². The zero-order valence-corrected chi connectivity index (χ0v) is 25.7. The third-order valence-electron chi connectivity index (χ3n) is 8.42. The van der Waals surface area contributed by atoms with Crippen LogP contribution < -0.4 is 15.5 Å². The molecule has 2 amide bonds. The van der Waals surface area contributed by atoms with Gasteiger partial charge in [-0.3, -0.25) is 9.59 Å². The third-order valence-corrected chi connectivity index (χ3v) is 11.5. The van der Waals surface area contributed by atoms with Crippen molar-refractivity contribution in [3.05, 3.63) is 85.9 Å². The molecular formula is C32H27Cl2N3O2S2. The summed E-state index contributed by atoms with van der Waals surface area (Å²) in [5, 5.41) is 5.39. The van der Waals surface area contributed by atoms with Gasteiger partial charge in [0, 0.05) is 63.5 Å². The number of alkyl halides is 2. The fourth-order valence-electron chi connectivity index (χ4n) is 6.54. The van der Waals surface area contributed by atoms with Gasteiger partial charge in [-0.15, -0.1) is 45.9 Å². The zero-order chi connectivity index (χ0) is 28.6. The molecule has 0 saturated heterocycles. The summed E-state index contributed by atoms with van der Waals surface area (Å²) >= 11 is 15.8. The van der Waals surface area contributed by atoms with E-state index in [0.29, 0.717) is 40.3 Å². The molecule has 2 N–H and O–H groups in total. The summed E-state index contributed by atoms with van der Waals surface area (Å²) in [6.07, 6.45) is 0. The van der Waals surface area contributed by atoms with Crippen LogP contribution in [0.25, 0.3) is 20.9 Å². The fourth-order valence-corrected chi connectivity index (χ4v) is 8.99. The van der Waals surface area contributed by atoms with Gasteiger partial charge in [-0.05, 0) is 71.1 Å². The number of carbonyl (C=O) groups excluding carboxylic acids is 2. The first kappa shape index (κ1) is 26.8. The monoisotopic (exact) mass is 619 g/mol. The standard InChI is InChI=1S/C32H27Cl2N3O2S2/c1-16-9-23-29(27-17(2)15-40-30(16)27)19(12-34)14-36(23)31(38)25-7-8-26(41-25)32(39)37-13-18(11-33)28-21-6-4-3-5-20(21)22(35)10-24(28)37/h3-10,15,18-19H,11-14,35H2,1-2H3/t18-,19-/m1/s1. The smallest absolute Gasteiger partial charge is 0.268 e. The molecule has 2 aromatic heterocycles. The van der Waals surface area contributed by atoms with E-state index in [1.165, 1.54) is 27.0 Å². The van der Waals surface area contributed by atoms with Crippen molar-refractivity contribution < 1.29 is 9.59 Å². The van der Waals surface area contributed by atoms with Crippen LogP contribution in [0, 0.1) is 13.8 Å². The van der Waals surface area contributed by atoms with Crippen molar-refractivity contribution in [1.29, 1.82) is 0 Å². The van der Waals surface area contributed by atoms with Gasteiger partial charge < -0.3 is 15.5 Å². The van der Waals surface area contributed by atoms with Crippen LogP contribution in [0.4, 0.5) is 17.1 Å². The topological polar surface area (TPSA) is 66.6 Å². The molecule has 2 aliphatic heterocycles. The number of benzene rings is 3. The number of amides is 2. The predicted octanol–water partition coefficient (Wildman–Crippen LogP) is 8.28. The number of nitrogens with two attached hydrogens (primary N) is 1. The van der Waals surface area contributed by atoms with Gasteiger partial charge >= 0.3 is 0 Å². The van der Waals surface area contributed by atoms with Gasteiger partial charge in [0.15, 0.2) is 0 Å². The maximum atomic E-state index is 13.9. The lowest BCUT2D eigenvalue weighted by Gasteiger charge is -2.18. The summed E-state index contributed by atoms with van der Waals surface area (Å²) in [4.78, 5) is 32.4. The van der Waals surface area contributed by atoms with Crippen molar-refractivity contribution in [3.8, 4) is 0 Å². The van der Waals surface area contributed by atoms with E-state index in [4.69, 9.17) is 28.9 Å². The lowest BCUT2D eigenvalue weighted by Crippen LogP contribution is -2.30. The predicted molar refractivity (Wildman–Crippen MR) is 174 cm³/mol. The summed E-state index contributed by atoms with van der Waals surface area (Å²) in [5.74, 6) is 0.630. The molecule has 41 heavy (non-hydrogen) atoms. The lowest BCUT2D eigenvalue weighted by atomic mass is 9.95. The van der Waals surface area contributed by atoms with E-state index in [1.807, 2.05) is 35.2 Å². The number of nitrogen functional groups attached to an aromatic ring is 1. The van der Waals surface area contributed by atoms with Gasteiger partial charge in [0.1, 0.15) is 0 Å². The number of nitrogens with zero attached hydrogens (tertiary/aromatic N) is 2. The van der Waals surface area contributed by atoms with E-state index in [9.17, 15) is 9.59 Å². The van der Waals surface area contributed by atoms with Crippen molar-refractivity contribution in [1.82, 2.24) is 0 Å². The van der Waals surface area contributed by atoms with Crippen molar-refractivity contribution in [2.24, 2.45) is 0 Å². The highest BCUT2D eigenvalue weighted by atomic mass is 35.5. The molecule has 5 nitrogen and oxygen atoms in total. The van der Waals surface area contributed by atoms with E-state index in [2.05, 4.69) is 25.3 Å². The number of rotatable bonds is 4. The molecule has 9 heteroatoms. The van der Waals surface area contributed by atoms with E-state index in [-0.39, 0.29) is 23.7 Å². The largest absolute Gasteiger partial charge is 0.398 e. The van der Waals surface area contributed by atoms with Gasteiger partial charge in [-0.2, -0.15) is 0 Å². The Morgan fingerprint density at radius 2 is 1.44 bits per heavy atom. The molecule has 0 aliphatic carbocycles. The first-order valence-corrected chi connectivity index (χ1v) is 16.3. The Morgan fingerprint density at radius 1 is 0.854 bits per heavy atom. The van der Waals surface area contributed by atoms with Crippen LogP contribution in [0.15, 0.2) is 53.9 Å². The van der Waals surface area contributed by atoms with E-state index in [0.717, 1.165) is 38.8 Å². The Labute approximate surface area is 256 Å². The molecule has 208 valence electrons. The number of fused-ring (bicyclic) bond motifs is 6. The van der Waals surface area contributed by atoms with Crippen molar-refractivity contribution in [3.63, 3.8) is 0 Å². The molecule has 2 atom stereocenters. The van der Waals surface area contributed by atoms with E-state index >= 15 is 0 Å². The van der Waals surface area contributed by atoms with E-state index < -0.39 is 0 Å². The molecule has 0 unspecified atom stereocenters. The van der Waals surface area contributed by atoms with Crippen molar-refractivity contribution in [2.45, 2.75) is 25.7 Å². The minimum Gasteiger partial charge on any atom is -0.398 e. The second kappa shape index (κ2) is 10.0. The average Bonchev–Trinajstić information content (AvgIpc) is 3.76. The van der Waals surface area contributed by atoms with Gasteiger partial charge in [-0.25, -0.2) is 0 Å². The second-order valence-corrected chi connectivity index (χ2v) is 13.5. The van der Waals surface area contributed by atoms with Crippen LogP contribution in [-0.2, 0) is 0 Å². The van der Waals surface area contributed by atoms with Crippen LogP contribution in [0.2, 0.25) is 0 Å². The van der Waals surface area contributed by atoms with Crippen LogP contribution in [0.5, 0.6) is 0 Å². The minimum absolute atomic E-state index is 0.00333. The maximum absolute atomic E-state index is 13.9. The Bertz CT molecular complexity index is 1900. The lowest BCUT2D eigenvalue weighted by molar-refractivity contribution is 0.0986. The highest BCUT2D eigenvalue weighted by molar-refractivity contribution is 7.17. The summed E-state index contributed by atoms with van der Waals surface area (Å²) < 4.78 is 1.25. The van der Waals surface area contributed by atoms with Crippen LogP contribution in [-0.4, -0.2) is 36.7 Å². The second-order valence-electron chi connectivity index (χ2n) is 10.9. The third kappa shape index (κ3) is 4.01. The minimum atomic E-state index is -0.149. The Balaban J connectivity index is 1.23. The van der Waals surface area contributed by atoms with Crippen LogP contribution >= 0.6 is 45.9 Å². The van der Waals surface area contributed by atoms with Gasteiger partial charge in [-0.1, -0.05) is 24.3 Å². The summed E-state index contributed by atoms with van der Waals surface area (Å²) in [6, 6.07) is 15.5. The Kier molecular flexibility index (Phi) is 6.54. The molecule has 0 bridgehead atoms. The van der Waals surface area contributed by atoms with Gasteiger partial charge in [0.25, 0.3) is 11.8 Å². The average molecular weight is 621 g/mol. The number of aryl methyl sites for hydroxylation is 2. The Hall–Kier alpha value is -3.10. The molecule has 7 rings (SSSR count). The highest BCUT2D eigenvalue weighted by Gasteiger charge is 2.38. The highest BCUT2D eigenvalue weighted by Crippen LogP contribution is 2.47. The SMILES string of the molecule is Cc1cc2c(c3c(C)csc13)[C@H](CCl)CN2C(=O)c1ccc(C(=O)N2C[C@@H](CCl)c3c2cc(N)c2ccccc32)s1. The van der Waals surface area contributed by atoms with Gasteiger partial charge in [0.05, 0.1) is 15.4 Å². The number of halogens is 2. The molecule has 3 aromatic carbocycles. The number of anilines is 3. The first-order chi connectivity index (χ1) is 19.8. The summed E-state index contributed by atoms with van der Waals surface area (Å²) in [5.41, 5.74) is 13.3. The number of carbonyl (C=O) groups is 2. The number of thiophene rings is 2. The first-order valence-electron chi connectivity index (χ1n) is 13.5. The van der Waals surface area contributed by atoms with E-state index in [1.54, 1.807) is 28.4 Å². The number of hydrogen-bond acceptors (Lipinski definition) is 5. The summed E-state index contributed by atoms with van der Waals surface area (Å²) in [7, 11) is 0. The van der Waals surface area contributed by atoms with Crippen LogP contribution in [0.3, 0.4) is 0 Å². The van der Waals surface area contributed by atoms with Crippen molar-refractivity contribution in [2.75, 3.05) is 40.4 Å².